The first-order valence-electron chi connectivity index (χ1n) is 11.9. The summed E-state index contributed by atoms with van der Waals surface area (Å²) in [6.45, 7) is 10.0. The average Bonchev–Trinajstić information content (AvgIpc) is 3.15. The zero-order valence-corrected chi connectivity index (χ0v) is 21.9. The predicted molar refractivity (Wildman–Crippen MR) is 148 cm³/mol. The van der Waals surface area contributed by atoms with Crippen LogP contribution in [0.5, 0.6) is 0 Å². The average molecular weight is 517 g/mol. The lowest BCUT2D eigenvalue weighted by Crippen LogP contribution is -2.54. The molecule has 1 saturated heterocycles. The molecule has 3 aromatic rings. The van der Waals surface area contributed by atoms with Gasteiger partial charge in [-0.1, -0.05) is 0 Å². The lowest BCUT2D eigenvalue weighted by Gasteiger charge is -2.29. The van der Waals surface area contributed by atoms with Gasteiger partial charge in [-0.3, -0.25) is 19.8 Å². The molecule has 2 N–H and O–H groups in total. The fourth-order valence-electron chi connectivity index (χ4n) is 4.53. The number of carbonyl (C=O) groups is 3. The van der Waals surface area contributed by atoms with Gasteiger partial charge in [0.1, 0.15) is 5.57 Å². The Bertz CT molecular complexity index is 1420. The Morgan fingerprint density at radius 3 is 2.16 bits per heavy atom. The molecule has 0 unspecified atom stereocenters. The number of carbonyl (C=O) groups excluding carboxylic acids is 2. The Morgan fingerprint density at radius 2 is 1.59 bits per heavy atom. The number of rotatable bonds is 7. The van der Waals surface area contributed by atoms with Crippen LogP contribution >= 0.6 is 12.2 Å². The van der Waals surface area contributed by atoms with E-state index in [2.05, 4.69) is 52.9 Å². The summed E-state index contributed by atoms with van der Waals surface area (Å²) in [6, 6.07) is 16.0. The molecule has 0 bridgehead atoms. The summed E-state index contributed by atoms with van der Waals surface area (Å²) < 4.78 is 2.08. The Labute approximate surface area is 220 Å². The Balaban J connectivity index is 1.68. The molecule has 0 radical (unpaired) electrons. The fraction of sp³-hybridized carbons (Fsp3) is 0.214. The minimum absolute atomic E-state index is 0.0611. The van der Waals surface area contributed by atoms with Crippen LogP contribution in [0.3, 0.4) is 0 Å². The summed E-state index contributed by atoms with van der Waals surface area (Å²) in [6.07, 6.45) is 1.57. The standard InChI is InChI=1S/C28H28N4O4S/c1-5-30(6-2)21-11-13-22(14-12-21)31-17(3)15-20(18(31)4)16-24-25(33)29-28(37)32(26(24)34)23-9-7-19(8-10-23)27(35)36/h7-16H,5-6H2,1-4H3,(H,35,36)(H,29,33,37)/b24-16+. The number of hydrogen-bond acceptors (Lipinski definition) is 5. The summed E-state index contributed by atoms with van der Waals surface area (Å²) >= 11 is 5.25. The molecular weight excluding hydrogens is 488 g/mol. The third-order valence-corrected chi connectivity index (χ3v) is 6.77. The molecule has 8 nitrogen and oxygen atoms in total. The highest BCUT2D eigenvalue weighted by molar-refractivity contribution is 7.80. The van der Waals surface area contributed by atoms with Crippen molar-refractivity contribution in [3.05, 3.63) is 82.7 Å². The van der Waals surface area contributed by atoms with Crippen molar-refractivity contribution in [2.75, 3.05) is 22.9 Å². The zero-order chi connectivity index (χ0) is 26.9. The molecule has 1 fully saturated rings. The monoisotopic (exact) mass is 516 g/mol. The second kappa shape index (κ2) is 10.4. The molecule has 190 valence electrons. The van der Waals surface area contributed by atoms with Gasteiger partial charge in [0.05, 0.1) is 11.3 Å². The maximum atomic E-state index is 13.4. The van der Waals surface area contributed by atoms with E-state index >= 15 is 0 Å². The van der Waals surface area contributed by atoms with Gasteiger partial charge in [-0.15, -0.1) is 0 Å². The van der Waals surface area contributed by atoms with Crippen molar-refractivity contribution in [2.24, 2.45) is 0 Å². The predicted octanol–water partition coefficient (Wildman–Crippen LogP) is 4.47. The van der Waals surface area contributed by atoms with Gasteiger partial charge in [0.15, 0.2) is 5.11 Å². The van der Waals surface area contributed by atoms with Gasteiger partial charge in [-0.05, 0) is 106 Å². The number of thiocarbonyl (C=S) groups is 1. The lowest BCUT2D eigenvalue weighted by molar-refractivity contribution is -0.122. The number of benzene rings is 2. The molecule has 4 rings (SSSR count). The van der Waals surface area contributed by atoms with E-state index in [-0.39, 0.29) is 16.2 Å². The first kappa shape index (κ1) is 25.8. The fourth-order valence-corrected chi connectivity index (χ4v) is 4.81. The van der Waals surface area contributed by atoms with Crippen LogP contribution in [0.1, 0.15) is 41.2 Å². The van der Waals surface area contributed by atoms with Crippen molar-refractivity contribution >= 4 is 52.6 Å². The first-order chi connectivity index (χ1) is 17.7. The Morgan fingerprint density at radius 1 is 1.00 bits per heavy atom. The first-order valence-corrected chi connectivity index (χ1v) is 12.4. The number of aryl methyl sites for hydroxylation is 1. The minimum Gasteiger partial charge on any atom is -0.478 e. The highest BCUT2D eigenvalue weighted by Gasteiger charge is 2.34. The summed E-state index contributed by atoms with van der Waals surface area (Å²) in [5.74, 6) is -2.24. The molecular formula is C28H28N4O4S. The number of aromatic nitrogens is 1. The van der Waals surface area contributed by atoms with Gasteiger partial charge >= 0.3 is 5.97 Å². The second-order valence-electron chi connectivity index (χ2n) is 8.66. The summed E-state index contributed by atoms with van der Waals surface area (Å²) in [5, 5.41) is 11.7. The van der Waals surface area contributed by atoms with E-state index in [1.165, 1.54) is 29.2 Å². The summed E-state index contributed by atoms with van der Waals surface area (Å²) in [5.41, 5.74) is 5.09. The quantitative estimate of drug-likeness (QED) is 0.273. The number of hydrogen-bond donors (Lipinski definition) is 2. The van der Waals surface area contributed by atoms with Crippen molar-refractivity contribution in [3.8, 4) is 5.69 Å². The number of nitrogens with zero attached hydrogens (tertiary/aromatic N) is 3. The largest absolute Gasteiger partial charge is 0.478 e. The van der Waals surface area contributed by atoms with Crippen LogP contribution in [0.25, 0.3) is 11.8 Å². The number of carboxylic acids is 1. The topological polar surface area (TPSA) is 94.9 Å². The van der Waals surface area contributed by atoms with Crippen molar-refractivity contribution in [1.82, 2.24) is 9.88 Å². The van der Waals surface area contributed by atoms with Crippen LogP contribution in [0.4, 0.5) is 11.4 Å². The molecule has 2 heterocycles. The number of carboxylic acid groups (broad SMARTS) is 1. The molecule has 0 aliphatic carbocycles. The van der Waals surface area contributed by atoms with E-state index < -0.39 is 17.8 Å². The number of anilines is 2. The smallest absolute Gasteiger partial charge is 0.335 e. The van der Waals surface area contributed by atoms with Gasteiger partial charge in [-0.25, -0.2) is 4.79 Å². The van der Waals surface area contributed by atoms with Gasteiger partial charge < -0.3 is 14.6 Å². The van der Waals surface area contributed by atoms with E-state index in [4.69, 9.17) is 17.3 Å². The maximum Gasteiger partial charge on any atom is 0.335 e. The second-order valence-corrected chi connectivity index (χ2v) is 9.05. The highest BCUT2D eigenvalue weighted by Crippen LogP contribution is 2.27. The minimum atomic E-state index is -1.08. The molecule has 1 aliphatic rings. The highest BCUT2D eigenvalue weighted by atomic mass is 32.1. The zero-order valence-electron chi connectivity index (χ0n) is 21.1. The number of nitrogens with one attached hydrogen (secondary N) is 1. The van der Waals surface area contributed by atoms with Crippen LogP contribution in [0.2, 0.25) is 0 Å². The van der Waals surface area contributed by atoms with Crippen LogP contribution in [0, 0.1) is 13.8 Å². The number of amides is 2. The van der Waals surface area contributed by atoms with Gasteiger partial charge in [0, 0.05) is 35.9 Å². The van der Waals surface area contributed by atoms with E-state index in [0.29, 0.717) is 5.69 Å². The van der Waals surface area contributed by atoms with Crippen molar-refractivity contribution in [1.29, 1.82) is 0 Å². The van der Waals surface area contributed by atoms with Crippen LogP contribution in [-0.4, -0.2) is 45.7 Å². The number of aromatic carboxylic acids is 1. The summed E-state index contributed by atoms with van der Waals surface area (Å²) in [7, 11) is 0. The molecule has 0 spiro atoms. The lowest BCUT2D eigenvalue weighted by atomic mass is 10.1. The molecule has 1 aromatic heterocycles. The van der Waals surface area contributed by atoms with Crippen molar-refractivity contribution in [2.45, 2.75) is 27.7 Å². The molecule has 1 aliphatic heterocycles. The maximum absolute atomic E-state index is 13.4. The van der Waals surface area contributed by atoms with E-state index in [1.54, 1.807) is 6.08 Å². The van der Waals surface area contributed by atoms with E-state index in [1.807, 2.05) is 19.9 Å². The van der Waals surface area contributed by atoms with Gasteiger partial charge in [-0.2, -0.15) is 0 Å². The molecule has 0 atom stereocenters. The van der Waals surface area contributed by atoms with Gasteiger partial charge in [0.25, 0.3) is 11.8 Å². The third kappa shape index (κ3) is 4.90. The molecule has 9 heteroatoms. The molecule has 2 amide bonds. The molecule has 2 aromatic carbocycles. The van der Waals surface area contributed by atoms with Crippen LogP contribution in [0.15, 0.2) is 60.2 Å². The van der Waals surface area contributed by atoms with Gasteiger partial charge in [0.2, 0.25) is 0 Å². The summed E-state index contributed by atoms with van der Waals surface area (Å²) in [4.78, 5) is 40.8. The third-order valence-electron chi connectivity index (χ3n) is 6.48. The van der Waals surface area contributed by atoms with Crippen molar-refractivity contribution < 1.29 is 19.5 Å². The Hall–Kier alpha value is -4.24. The molecule has 0 saturated carbocycles. The van der Waals surface area contributed by atoms with Crippen LogP contribution in [-0.2, 0) is 9.59 Å². The molecule has 37 heavy (non-hydrogen) atoms. The van der Waals surface area contributed by atoms with E-state index in [9.17, 15) is 14.4 Å². The SMILES string of the molecule is CCN(CC)c1ccc(-n2c(C)cc(/C=C3\C(=O)NC(=S)N(c4ccc(C(=O)O)cc4)C3=O)c2C)cc1. The normalized spacial score (nSPS) is 14.8. The van der Waals surface area contributed by atoms with Crippen molar-refractivity contribution in [3.63, 3.8) is 0 Å². The van der Waals surface area contributed by atoms with Crippen LogP contribution < -0.4 is 15.1 Å². The Kier molecular flexibility index (Phi) is 7.26. The van der Waals surface area contributed by atoms with E-state index in [0.717, 1.165) is 41.4 Å².